The van der Waals surface area contributed by atoms with Crippen molar-refractivity contribution in [3.05, 3.63) is 64.6 Å². The zero-order valence-electron chi connectivity index (χ0n) is 12.1. The first-order valence-electron chi connectivity index (χ1n) is 6.95. The Labute approximate surface area is 130 Å². The van der Waals surface area contributed by atoms with Crippen LogP contribution in [-0.4, -0.2) is 16.7 Å². The van der Waals surface area contributed by atoms with Crippen molar-refractivity contribution >= 4 is 11.6 Å². The highest BCUT2D eigenvalue weighted by molar-refractivity contribution is 5.90. The molecule has 0 unspecified atom stereocenters. The summed E-state index contributed by atoms with van der Waals surface area (Å²) in [6.07, 6.45) is -2.84. The predicted octanol–water partition coefficient (Wildman–Crippen LogP) is 2.98. The fourth-order valence-corrected chi connectivity index (χ4v) is 2.06. The molecule has 122 valence electrons. The first-order valence-corrected chi connectivity index (χ1v) is 6.95. The number of pyridine rings is 1. The number of nitrogens with one attached hydrogen (secondary N) is 1. The fourth-order valence-electron chi connectivity index (χ4n) is 2.06. The molecule has 4 nitrogen and oxygen atoms in total. The lowest BCUT2D eigenvalue weighted by molar-refractivity contribution is -0.141. The van der Waals surface area contributed by atoms with Crippen molar-refractivity contribution in [2.75, 3.05) is 5.32 Å². The fraction of sp³-hybridized carbons (Fsp3) is 0.250. The highest BCUT2D eigenvalue weighted by atomic mass is 19.4. The van der Waals surface area contributed by atoms with Crippen LogP contribution < -0.4 is 10.9 Å². The minimum Gasteiger partial charge on any atom is -0.321 e. The van der Waals surface area contributed by atoms with Gasteiger partial charge in [0.1, 0.15) is 12.2 Å². The van der Waals surface area contributed by atoms with E-state index < -0.39 is 24.2 Å². The summed E-state index contributed by atoms with van der Waals surface area (Å²) in [4.78, 5) is 23.8. The Balaban J connectivity index is 2.01. The third kappa shape index (κ3) is 5.28. The first kappa shape index (κ1) is 16.8. The highest BCUT2D eigenvalue weighted by Gasteiger charge is 2.28. The Bertz CT molecular complexity index is 724. The van der Waals surface area contributed by atoms with E-state index in [2.05, 4.69) is 5.32 Å². The summed E-state index contributed by atoms with van der Waals surface area (Å²) in [6, 6.07) is 11.9. The molecule has 0 radical (unpaired) electrons. The van der Waals surface area contributed by atoms with Gasteiger partial charge >= 0.3 is 6.18 Å². The van der Waals surface area contributed by atoms with E-state index in [4.69, 9.17) is 0 Å². The maximum Gasteiger partial charge on any atom is 0.406 e. The lowest BCUT2D eigenvalue weighted by Gasteiger charge is -2.11. The zero-order chi connectivity index (χ0) is 16.9. The number of alkyl halides is 3. The number of aryl methyl sites for hydroxylation is 1. The SMILES string of the molecule is O=C(CCc1ccccc1)Nc1cccn(CC(F)(F)F)c1=O. The number of carbonyl (C=O) groups is 1. The molecule has 0 bridgehead atoms. The quantitative estimate of drug-likeness (QED) is 0.919. The molecule has 1 aromatic heterocycles. The maximum absolute atomic E-state index is 12.4. The second-order valence-corrected chi connectivity index (χ2v) is 5.00. The summed E-state index contributed by atoms with van der Waals surface area (Å²) in [7, 11) is 0. The van der Waals surface area contributed by atoms with Gasteiger partial charge in [0.15, 0.2) is 0 Å². The normalized spacial score (nSPS) is 11.3. The summed E-state index contributed by atoms with van der Waals surface area (Å²) in [5.41, 5.74) is -0.0714. The van der Waals surface area contributed by atoms with E-state index in [0.29, 0.717) is 11.0 Å². The van der Waals surface area contributed by atoms with Crippen molar-refractivity contribution < 1.29 is 18.0 Å². The van der Waals surface area contributed by atoms with Crippen molar-refractivity contribution in [2.24, 2.45) is 0 Å². The van der Waals surface area contributed by atoms with Gasteiger partial charge in [0.25, 0.3) is 5.56 Å². The standard InChI is InChI=1S/C16H15F3N2O2/c17-16(18,19)11-21-10-4-7-13(15(21)23)20-14(22)9-8-12-5-2-1-3-6-12/h1-7,10H,8-9,11H2,(H,20,22). The smallest absolute Gasteiger partial charge is 0.321 e. The van der Waals surface area contributed by atoms with E-state index in [1.54, 1.807) is 0 Å². The molecule has 7 heteroatoms. The van der Waals surface area contributed by atoms with Gasteiger partial charge in [-0.15, -0.1) is 0 Å². The van der Waals surface area contributed by atoms with E-state index in [1.807, 2.05) is 30.3 Å². The summed E-state index contributed by atoms with van der Waals surface area (Å²) in [5.74, 6) is -0.421. The molecule has 1 heterocycles. The van der Waals surface area contributed by atoms with Crippen LogP contribution in [-0.2, 0) is 17.8 Å². The second kappa shape index (κ2) is 7.13. The predicted molar refractivity (Wildman–Crippen MR) is 80.1 cm³/mol. The number of rotatable bonds is 5. The number of nitrogens with zero attached hydrogens (tertiary/aromatic N) is 1. The Morgan fingerprint density at radius 2 is 1.78 bits per heavy atom. The number of amides is 1. The zero-order valence-corrected chi connectivity index (χ0v) is 12.1. The Kier molecular flexibility index (Phi) is 5.20. The molecule has 0 spiro atoms. The van der Waals surface area contributed by atoms with Crippen molar-refractivity contribution in [2.45, 2.75) is 25.6 Å². The average molecular weight is 324 g/mol. The lowest BCUT2D eigenvalue weighted by atomic mass is 10.1. The second-order valence-electron chi connectivity index (χ2n) is 5.00. The first-order chi connectivity index (χ1) is 10.8. The van der Waals surface area contributed by atoms with E-state index in [-0.39, 0.29) is 12.1 Å². The van der Waals surface area contributed by atoms with Crippen LogP contribution in [0, 0.1) is 0 Å². The molecule has 0 fully saturated rings. The molecule has 0 saturated carbocycles. The van der Waals surface area contributed by atoms with Crippen LogP contribution >= 0.6 is 0 Å². The number of hydrogen-bond acceptors (Lipinski definition) is 2. The summed E-state index contributed by atoms with van der Waals surface area (Å²) < 4.78 is 37.7. The van der Waals surface area contributed by atoms with Crippen LogP contribution in [0.1, 0.15) is 12.0 Å². The molecule has 0 saturated heterocycles. The maximum atomic E-state index is 12.4. The molecule has 0 aliphatic carbocycles. The van der Waals surface area contributed by atoms with Gasteiger partial charge in [-0.05, 0) is 24.1 Å². The van der Waals surface area contributed by atoms with Crippen molar-refractivity contribution in [1.82, 2.24) is 4.57 Å². The van der Waals surface area contributed by atoms with Gasteiger partial charge in [0.2, 0.25) is 5.91 Å². The van der Waals surface area contributed by atoms with Gasteiger partial charge in [-0.2, -0.15) is 13.2 Å². The van der Waals surface area contributed by atoms with E-state index >= 15 is 0 Å². The molecule has 0 atom stereocenters. The van der Waals surface area contributed by atoms with Crippen LogP contribution in [0.4, 0.5) is 18.9 Å². The van der Waals surface area contributed by atoms with Crippen molar-refractivity contribution in [1.29, 1.82) is 0 Å². The number of halogens is 3. The molecule has 1 aromatic carbocycles. The minimum atomic E-state index is -4.50. The van der Waals surface area contributed by atoms with Crippen molar-refractivity contribution in [3.8, 4) is 0 Å². The van der Waals surface area contributed by atoms with Gasteiger partial charge in [-0.3, -0.25) is 9.59 Å². The molecule has 2 rings (SSSR count). The van der Waals surface area contributed by atoms with Gasteiger partial charge in [-0.25, -0.2) is 0 Å². The van der Waals surface area contributed by atoms with E-state index in [0.717, 1.165) is 11.8 Å². The summed E-state index contributed by atoms with van der Waals surface area (Å²) >= 11 is 0. The van der Waals surface area contributed by atoms with Gasteiger partial charge in [0.05, 0.1) is 0 Å². The minimum absolute atomic E-state index is 0.137. The number of anilines is 1. The molecule has 0 aliphatic rings. The van der Waals surface area contributed by atoms with E-state index in [1.165, 1.54) is 12.1 Å². The molecular weight excluding hydrogens is 309 g/mol. The number of benzene rings is 1. The topological polar surface area (TPSA) is 51.1 Å². The lowest BCUT2D eigenvalue weighted by Crippen LogP contribution is -2.30. The van der Waals surface area contributed by atoms with E-state index in [9.17, 15) is 22.8 Å². The summed E-state index contributed by atoms with van der Waals surface area (Å²) in [6.45, 7) is -1.39. The van der Waals surface area contributed by atoms with Gasteiger partial charge in [0, 0.05) is 12.6 Å². The Morgan fingerprint density at radius 1 is 1.09 bits per heavy atom. The van der Waals surface area contributed by atoms with Crippen molar-refractivity contribution in [3.63, 3.8) is 0 Å². The van der Waals surface area contributed by atoms with Crippen LogP contribution in [0.15, 0.2) is 53.5 Å². The van der Waals surface area contributed by atoms with Crippen LogP contribution in [0.5, 0.6) is 0 Å². The van der Waals surface area contributed by atoms with Crippen LogP contribution in [0.25, 0.3) is 0 Å². The molecule has 1 N–H and O–H groups in total. The van der Waals surface area contributed by atoms with Crippen LogP contribution in [0.3, 0.4) is 0 Å². The number of hydrogen-bond donors (Lipinski definition) is 1. The molecular formula is C16H15F3N2O2. The number of aromatic nitrogens is 1. The molecule has 0 aliphatic heterocycles. The summed E-state index contributed by atoms with van der Waals surface area (Å²) in [5, 5.41) is 2.37. The highest BCUT2D eigenvalue weighted by Crippen LogP contribution is 2.16. The molecule has 23 heavy (non-hydrogen) atoms. The average Bonchev–Trinajstić information content (AvgIpc) is 2.49. The third-order valence-corrected chi connectivity index (χ3v) is 3.13. The Hall–Kier alpha value is -2.57. The van der Waals surface area contributed by atoms with Crippen LogP contribution in [0.2, 0.25) is 0 Å². The largest absolute Gasteiger partial charge is 0.406 e. The molecule has 2 aromatic rings. The Morgan fingerprint density at radius 3 is 2.43 bits per heavy atom. The van der Waals surface area contributed by atoms with Gasteiger partial charge in [-0.1, -0.05) is 30.3 Å². The molecule has 1 amide bonds. The number of carbonyl (C=O) groups excluding carboxylic acids is 1. The monoisotopic (exact) mass is 324 g/mol. The third-order valence-electron chi connectivity index (χ3n) is 3.13. The van der Waals surface area contributed by atoms with Gasteiger partial charge < -0.3 is 9.88 Å².